The molecule has 0 unspecified atom stereocenters. The van der Waals surface area contributed by atoms with Crippen LogP contribution in [0, 0.1) is 0 Å². The van der Waals surface area contributed by atoms with Crippen molar-refractivity contribution in [3.8, 4) is 0 Å². The van der Waals surface area contributed by atoms with Gasteiger partial charge in [-0.15, -0.1) is 11.8 Å². The van der Waals surface area contributed by atoms with Crippen LogP contribution in [0.5, 0.6) is 0 Å². The average molecular weight is 371 g/mol. The van der Waals surface area contributed by atoms with Gasteiger partial charge in [0.1, 0.15) is 0 Å². The molecule has 0 bridgehead atoms. The molecule has 4 rings (SSSR count). The van der Waals surface area contributed by atoms with E-state index in [4.69, 9.17) is 11.6 Å². The van der Waals surface area contributed by atoms with Crippen LogP contribution >= 0.6 is 23.4 Å². The van der Waals surface area contributed by atoms with E-state index in [1.54, 1.807) is 0 Å². The molecule has 0 saturated carbocycles. The highest BCUT2D eigenvalue weighted by molar-refractivity contribution is 8.00. The third kappa shape index (κ3) is 3.29. The van der Waals surface area contributed by atoms with Gasteiger partial charge in [0.05, 0.1) is 12.1 Å². The number of anilines is 1. The largest absolute Gasteiger partial charge is 0.361 e. The highest BCUT2D eigenvalue weighted by Crippen LogP contribution is 2.39. The number of halogens is 1. The van der Waals surface area contributed by atoms with E-state index in [0.29, 0.717) is 16.7 Å². The lowest BCUT2D eigenvalue weighted by atomic mass is 10.1. The first kappa shape index (κ1) is 16.6. The molecule has 1 atom stereocenters. The molecule has 0 radical (unpaired) electrons. The van der Waals surface area contributed by atoms with Gasteiger partial charge < -0.3 is 9.88 Å². The van der Waals surface area contributed by atoms with Crippen molar-refractivity contribution in [2.45, 2.75) is 29.9 Å². The van der Waals surface area contributed by atoms with Crippen molar-refractivity contribution in [2.75, 3.05) is 11.4 Å². The molecular formula is C20H19ClN2OS. The molecule has 5 heteroatoms. The van der Waals surface area contributed by atoms with Crippen molar-refractivity contribution in [1.29, 1.82) is 0 Å². The number of hydrogen-bond acceptors (Lipinski definition) is 2. The molecule has 1 aliphatic heterocycles. The molecule has 0 aliphatic carbocycles. The Morgan fingerprint density at radius 3 is 3.04 bits per heavy atom. The molecule has 1 aliphatic rings. The number of nitrogens with zero attached hydrogens (tertiary/aromatic N) is 1. The molecule has 25 heavy (non-hydrogen) atoms. The van der Waals surface area contributed by atoms with Gasteiger partial charge in [-0.05, 0) is 36.2 Å². The average Bonchev–Trinajstić information content (AvgIpc) is 2.92. The van der Waals surface area contributed by atoms with Gasteiger partial charge in [-0.25, -0.2) is 0 Å². The number of aromatic nitrogens is 1. The number of amides is 1. The molecule has 2 heterocycles. The molecule has 2 aromatic carbocycles. The number of fused-ring (bicyclic) bond motifs is 2. The van der Waals surface area contributed by atoms with Crippen LogP contribution < -0.4 is 4.90 Å². The molecule has 0 spiro atoms. The second-order valence-electron chi connectivity index (χ2n) is 6.41. The molecule has 3 nitrogen and oxygen atoms in total. The maximum atomic E-state index is 13.1. The molecule has 1 N–H and O–H groups in total. The fraction of sp³-hybridized carbons (Fsp3) is 0.250. The van der Waals surface area contributed by atoms with E-state index in [-0.39, 0.29) is 5.91 Å². The summed E-state index contributed by atoms with van der Waals surface area (Å²) in [6.07, 6.45) is 3.29. The minimum atomic E-state index is 0.114. The SMILES string of the molecule is C[C@H]1CCN(C(=O)Cc2c[nH]c3ccccc23)c2cc(Cl)ccc2S1. The normalized spacial score (nSPS) is 17.4. The summed E-state index contributed by atoms with van der Waals surface area (Å²) >= 11 is 8.02. The lowest BCUT2D eigenvalue weighted by Crippen LogP contribution is -2.33. The number of H-pyrrole nitrogens is 1. The summed E-state index contributed by atoms with van der Waals surface area (Å²) in [4.78, 5) is 19.4. The Hall–Kier alpha value is -1.91. The Balaban J connectivity index is 1.67. The molecule has 1 amide bonds. The van der Waals surface area contributed by atoms with Gasteiger partial charge in [-0.3, -0.25) is 4.79 Å². The Kier molecular flexibility index (Phi) is 4.48. The summed E-state index contributed by atoms with van der Waals surface area (Å²) in [6, 6.07) is 13.9. The number of aromatic amines is 1. The van der Waals surface area contributed by atoms with Crippen LogP contribution in [0.3, 0.4) is 0 Å². The Bertz CT molecular complexity index is 936. The van der Waals surface area contributed by atoms with Crippen LogP contribution in [0.25, 0.3) is 10.9 Å². The highest BCUT2D eigenvalue weighted by atomic mass is 35.5. The predicted molar refractivity (Wildman–Crippen MR) is 106 cm³/mol. The van der Waals surface area contributed by atoms with Crippen molar-refractivity contribution in [1.82, 2.24) is 4.98 Å². The fourth-order valence-electron chi connectivity index (χ4n) is 3.30. The number of thioether (sulfide) groups is 1. The van der Waals surface area contributed by atoms with E-state index in [1.165, 1.54) is 0 Å². The van der Waals surface area contributed by atoms with Crippen LogP contribution in [0.15, 0.2) is 53.6 Å². The van der Waals surface area contributed by atoms with E-state index >= 15 is 0 Å². The van der Waals surface area contributed by atoms with E-state index in [2.05, 4.69) is 18.0 Å². The lowest BCUT2D eigenvalue weighted by Gasteiger charge is -2.22. The maximum Gasteiger partial charge on any atom is 0.231 e. The molecule has 3 aromatic rings. The summed E-state index contributed by atoms with van der Waals surface area (Å²) < 4.78 is 0. The van der Waals surface area contributed by atoms with Crippen molar-refractivity contribution >= 4 is 45.9 Å². The Morgan fingerprint density at radius 1 is 1.32 bits per heavy atom. The third-order valence-corrected chi connectivity index (χ3v) is 6.09. The van der Waals surface area contributed by atoms with Gasteiger partial charge in [0.25, 0.3) is 0 Å². The lowest BCUT2D eigenvalue weighted by molar-refractivity contribution is -0.118. The number of hydrogen-bond donors (Lipinski definition) is 1. The standard InChI is InChI=1S/C20H19ClN2OS/c1-13-8-9-23(18-11-15(21)6-7-19(18)25-13)20(24)10-14-12-22-17-5-3-2-4-16(14)17/h2-7,11-13,22H,8-10H2,1H3/t13-/m0/s1. The summed E-state index contributed by atoms with van der Waals surface area (Å²) in [5, 5.41) is 2.25. The third-order valence-electron chi connectivity index (χ3n) is 4.62. The van der Waals surface area contributed by atoms with Gasteiger partial charge in [-0.1, -0.05) is 36.7 Å². The molecule has 0 saturated heterocycles. The van der Waals surface area contributed by atoms with Crippen molar-refractivity contribution in [3.05, 3.63) is 59.2 Å². The summed E-state index contributed by atoms with van der Waals surface area (Å²) in [5.41, 5.74) is 3.04. The second-order valence-corrected chi connectivity index (χ2v) is 8.33. The van der Waals surface area contributed by atoms with Crippen LogP contribution in [0.1, 0.15) is 18.9 Å². The van der Waals surface area contributed by atoms with E-state index in [9.17, 15) is 4.79 Å². The number of nitrogens with one attached hydrogen (secondary N) is 1. The number of carbonyl (C=O) groups excluding carboxylic acids is 1. The van der Waals surface area contributed by atoms with Crippen molar-refractivity contribution in [2.24, 2.45) is 0 Å². The smallest absolute Gasteiger partial charge is 0.231 e. The Morgan fingerprint density at radius 2 is 2.16 bits per heavy atom. The predicted octanol–water partition coefficient (Wildman–Crippen LogP) is 5.28. The molecule has 0 fully saturated rings. The zero-order valence-corrected chi connectivity index (χ0v) is 15.5. The number of rotatable bonds is 2. The van der Waals surface area contributed by atoms with Gasteiger partial charge in [-0.2, -0.15) is 0 Å². The van der Waals surface area contributed by atoms with Gasteiger partial charge in [0.2, 0.25) is 5.91 Å². The first-order valence-electron chi connectivity index (χ1n) is 8.43. The van der Waals surface area contributed by atoms with E-state index < -0.39 is 0 Å². The minimum absolute atomic E-state index is 0.114. The molecular weight excluding hydrogens is 352 g/mol. The van der Waals surface area contributed by atoms with Gasteiger partial charge in [0.15, 0.2) is 0 Å². The van der Waals surface area contributed by atoms with Crippen molar-refractivity contribution < 1.29 is 4.79 Å². The van der Waals surface area contributed by atoms with Crippen LogP contribution in [-0.4, -0.2) is 22.7 Å². The minimum Gasteiger partial charge on any atom is -0.361 e. The zero-order valence-electron chi connectivity index (χ0n) is 14.0. The van der Waals surface area contributed by atoms with Crippen LogP contribution in [0.2, 0.25) is 5.02 Å². The van der Waals surface area contributed by atoms with E-state index in [1.807, 2.05) is 59.3 Å². The number of carbonyl (C=O) groups is 1. The van der Waals surface area contributed by atoms with Gasteiger partial charge >= 0.3 is 0 Å². The Labute approximate surface area is 156 Å². The van der Waals surface area contributed by atoms with Crippen LogP contribution in [0.4, 0.5) is 5.69 Å². The highest BCUT2D eigenvalue weighted by Gasteiger charge is 2.25. The summed E-state index contributed by atoms with van der Waals surface area (Å²) in [6.45, 7) is 2.93. The maximum absolute atomic E-state index is 13.1. The van der Waals surface area contributed by atoms with Gasteiger partial charge in [0, 0.05) is 38.8 Å². The quantitative estimate of drug-likeness (QED) is 0.666. The molecule has 128 valence electrons. The first-order valence-corrected chi connectivity index (χ1v) is 9.69. The summed E-state index contributed by atoms with van der Waals surface area (Å²) in [7, 11) is 0. The van der Waals surface area contributed by atoms with Crippen LogP contribution in [-0.2, 0) is 11.2 Å². The first-order chi connectivity index (χ1) is 12.1. The zero-order chi connectivity index (χ0) is 17.4. The van der Waals surface area contributed by atoms with Crippen molar-refractivity contribution in [3.63, 3.8) is 0 Å². The number of para-hydroxylation sites is 1. The topological polar surface area (TPSA) is 36.1 Å². The second kappa shape index (κ2) is 6.77. The summed E-state index contributed by atoms with van der Waals surface area (Å²) in [5.74, 6) is 0.114. The van der Waals surface area contributed by atoms with E-state index in [0.717, 1.165) is 40.0 Å². The molecule has 1 aromatic heterocycles. The monoisotopic (exact) mass is 370 g/mol. The fourth-order valence-corrected chi connectivity index (χ4v) is 4.56. The number of benzene rings is 2.